The number of rotatable bonds is 7. The maximum Gasteiger partial charge on any atom is 0.255 e. The molecule has 2 amide bonds. The third-order valence-electron chi connectivity index (χ3n) is 8.25. The number of piperazine rings is 1. The van der Waals surface area contributed by atoms with Crippen molar-refractivity contribution in [3.8, 4) is 22.7 Å². The van der Waals surface area contributed by atoms with E-state index >= 15 is 0 Å². The molecule has 0 N–H and O–H groups in total. The van der Waals surface area contributed by atoms with Crippen LogP contribution in [0.2, 0.25) is 0 Å². The number of para-hydroxylation sites is 1. The second-order valence-corrected chi connectivity index (χ2v) is 10.8. The second-order valence-electron chi connectivity index (χ2n) is 10.8. The summed E-state index contributed by atoms with van der Waals surface area (Å²) in [6.07, 6.45) is 0. The highest BCUT2D eigenvalue weighted by molar-refractivity contribution is 5.97. The second kappa shape index (κ2) is 12.4. The van der Waals surface area contributed by atoms with Gasteiger partial charge >= 0.3 is 0 Å². The maximum atomic E-state index is 14.0. The number of amides is 2. The summed E-state index contributed by atoms with van der Waals surface area (Å²) < 4.78 is 7.62. The highest BCUT2D eigenvalue weighted by Gasteiger charge is 2.32. The van der Waals surface area contributed by atoms with Crippen molar-refractivity contribution in [3.63, 3.8) is 0 Å². The summed E-state index contributed by atoms with van der Waals surface area (Å²) in [4.78, 5) is 31.7. The minimum absolute atomic E-state index is 0.0221. The van der Waals surface area contributed by atoms with Gasteiger partial charge in [0, 0.05) is 43.1 Å². The van der Waals surface area contributed by atoms with E-state index in [0.717, 1.165) is 39.5 Å². The van der Waals surface area contributed by atoms with E-state index in [9.17, 15) is 9.59 Å². The first-order valence-electron chi connectivity index (χ1n) is 14.7. The number of hydrogen-bond donors (Lipinski definition) is 0. The fraction of sp³-hybridized carbons (Fsp3) is 0.189. The molecule has 0 unspecified atom stereocenters. The van der Waals surface area contributed by atoms with Gasteiger partial charge in [0.15, 0.2) is 0 Å². The quantitative estimate of drug-likeness (QED) is 0.223. The van der Waals surface area contributed by atoms with E-state index < -0.39 is 0 Å². The number of carbonyl (C=O) groups excluding carboxylic acids is 2. The Morgan fingerprint density at radius 2 is 1.23 bits per heavy atom. The zero-order valence-corrected chi connectivity index (χ0v) is 24.5. The van der Waals surface area contributed by atoms with Gasteiger partial charge in [-0.25, -0.2) is 0 Å². The number of aromatic nitrogens is 1. The smallest absolute Gasteiger partial charge is 0.255 e. The molecular weight excluding hydrogens is 534 g/mol. The van der Waals surface area contributed by atoms with E-state index in [0.29, 0.717) is 31.7 Å². The van der Waals surface area contributed by atoms with Crippen LogP contribution < -0.4 is 4.74 Å². The number of nitrogens with zero attached hydrogens (tertiary/aromatic N) is 3. The SMILES string of the molecule is COc1cccc(-c2cc(C(=O)N3CCN(C(=O)C(c4ccccc4)c4ccccc4)CC3)c(C)n2-c2ccccc2)c1. The van der Waals surface area contributed by atoms with Gasteiger partial charge in [-0.1, -0.05) is 91.0 Å². The molecule has 2 heterocycles. The molecule has 0 radical (unpaired) electrons. The Kier molecular flexibility index (Phi) is 8.09. The summed E-state index contributed by atoms with van der Waals surface area (Å²) in [5.41, 5.74) is 6.36. The van der Waals surface area contributed by atoms with Crippen LogP contribution in [0, 0.1) is 6.92 Å². The van der Waals surface area contributed by atoms with E-state index in [1.54, 1.807) is 7.11 Å². The number of carbonyl (C=O) groups is 2. The first-order chi connectivity index (χ1) is 21.0. The van der Waals surface area contributed by atoms with Gasteiger partial charge in [0.2, 0.25) is 5.91 Å². The predicted octanol–water partition coefficient (Wildman–Crippen LogP) is 6.58. The highest BCUT2D eigenvalue weighted by atomic mass is 16.5. The third-order valence-corrected chi connectivity index (χ3v) is 8.25. The third kappa shape index (κ3) is 5.69. The Balaban J connectivity index is 1.25. The molecule has 43 heavy (non-hydrogen) atoms. The number of hydrogen-bond acceptors (Lipinski definition) is 3. The Bertz CT molecular complexity index is 1670. The molecule has 216 valence electrons. The average molecular weight is 570 g/mol. The molecule has 1 saturated heterocycles. The summed E-state index contributed by atoms with van der Waals surface area (Å²) >= 11 is 0. The Morgan fingerprint density at radius 3 is 1.81 bits per heavy atom. The van der Waals surface area contributed by atoms with E-state index in [2.05, 4.69) is 4.57 Å². The Morgan fingerprint density at radius 1 is 0.674 bits per heavy atom. The van der Waals surface area contributed by atoms with Crippen LogP contribution in [0.15, 0.2) is 121 Å². The normalized spacial score (nSPS) is 13.3. The molecular formula is C37H35N3O3. The molecule has 0 bridgehead atoms. The van der Waals surface area contributed by atoms with Crippen molar-refractivity contribution < 1.29 is 14.3 Å². The molecule has 4 aromatic carbocycles. The van der Waals surface area contributed by atoms with Crippen molar-refractivity contribution in [3.05, 3.63) is 144 Å². The molecule has 0 saturated carbocycles. The van der Waals surface area contributed by atoms with Crippen LogP contribution >= 0.6 is 0 Å². The lowest BCUT2D eigenvalue weighted by Gasteiger charge is -2.36. The summed E-state index contributed by atoms with van der Waals surface area (Å²) in [6, 6.07) is 39.8. The van der Waals surface area contributed by atoms with Crippen LogP contribution in [0.1, 0.15) is 33.1 Å². The topological polar surface area (TPSA) is 54.8 Å². The molecule has 1 fully saturated rings. The van der Waals surface area contributed by atoms with Crippen molar-refractivity contribution >= 4 is 11.8 Å². The largest absolute Gasteiger partial charge is 0.497 e. The molecule has 5 aromatic rings. The van der Waals surface area contributed by atoms with Gasteiger partial charge in [-0.15, -0.1) is 0 Å². The minimum Gasteiger partial charge on any atom is -0.497 e. The van der Waals surface area contributed by atoms with Gasteiger partial charge in [-0.05, 0) is 48.4 Å². The van der Waals surface area contributed by atoms with E-state index in [4.69, 9.17) is 4.74 Å². The molecule has 0 atom stereocenters. The lowest BCUT2D eigenvalue weighted by Crippen LogP contribution is -2.51. The van der Waals surface area contributed by atoms with Crippen molar-refractivity contribution in [1.82, 2.24) is 14.4 Å². The highest BCUT2D eigenvalue weighted by Crippen LogP contribution is 2.33. The van der Waals surface area contributed by atoms with Gasteiger partial charge in [0.05, 0.1) is 24.3 Å². The Hall–Kier alpha value is -5.10. The zero-order chi connectivity index (χ0) is 29.8. The molecule has 1 aliphatic heterocycles. The summed E-state index contributed by atoms with van der Waals surface area (Å²) in [7, 11) is 1.65. The van der Waals surface area contributed by atoms with E-state index in [-0.39, 0.29) is 17.7 Å². The lowest BCUT2D eigenvalue weighted by molar-refractivity contribution is -0.133. The van der Waals surface area contributed by atoms with Crippen LogP contribution in [-0.4, -0.2) is 59.5 Å². The summed E-state index contributed by atoms with van der Waals surface area (Å²) in [5, 5.41) is 0. The van der Waals surface area contributed by atoms with Crippen LogP contribution in [0.25, 0.3) is 16.9 Å². The average Bonchev–Trinajstić information content (AvgIpc) is 3.42. The molecule has 6 heteroatoms. The molecule has 1 aliphatic rings. The minimum atomic E-state index is -0.378. The fourth-order valence-corrected chi connectivity index (χ4v) is 5.98. The number of benzene rings is 4. The van der Waals surface area contributed by atoms with Crippen LogP contribution in [0.4, 0.5) is 0 Å². The van der Waals surface area contributed by atoms with Gasteiger partial charge in [0.1, 0.15) is 5.75 Å². The zero-order valence-electron chi connectivity index (χ0n) is 24.5. The van der Waals surface area contributed by atoms with Crippen LogP contribution in [0.3, 0.4) is 0 Å². The van der Waals surface area contributed by atoms with Crippen molar-refractivity contribution in [2.24, 2.45) is 0 Å². The molecule has 6 rings (SSSR count). The predicted molar refractivity (Wildman–Crippen MR) is 170 cm³/mol. The monoisotopic (exact) mass is 569 g/mol. The first-order valence-corrected chi connectivity index (χ1v) is 14.7. The van der Waals surface area contributed by atoms with Gasteiger partial charge in [-0.2, -0.15) is 0 Å². The van der Waals surface area contributed by atoms with Gasteiger partial charge < -0.3 is 19.1 Å². The van der Waals surface area contributed by atoms with Gasteiger partial charge in [-0.3, -0.25) is 9.59 Å². The molecule has 0 spiro atoms. The standard InChI is InChI=1S/C37H35N3O3/c1-27-33(26-34(30-17-12-20-32(25-30)43-2)40(27)31-18-10-5-11-19-31)36(41)38-21-23-39(24-22-38)37(42)35(28-13-6-3-7-14-28)29-15-8-4-9-16-29/h3-20,25-26,35H,21-24H2,1-2H3. The summed E-state index contributed by atoms with van der Waals surface area (Å²) in [5.74, 6) is 0.425. The van der Waals surface area contributed by atoms with E-state index in [1.165, 1.54) is 0 Å². The van der Waals surface area contributed by atoms with Gasteiger partial charge in [0.25, 0.3) is 5.91 Å². The lowest BCUT2D eigenvalue weighted by atomic mass is 9.90. The van der Waals surface area contributed by atoms with Crippen molar-refractivity contribution in [2.75, 3.05) is 33.3 Å². The number of ether oxygens (including phenoxy) is 1. The van der Waals surface area contributed by atoms with Crippen molar-refractivity contribution in [2.45, 2.75) is 12.8 Å². The number of methoxy groups -OCH3 is 1. The maximum absolute atomic E-state index is 14.0. The molecule has 1 aromatic heterocycles. The Labute approximate surface area is 252 Å². The fourth-order valence-electron chi connectivity index (χ4n) is 5.98. The first kappa shape index (κ1) is 28.0. The van der Waals surface area contributed by atoms with Crippen molar-refractivity contribution in [1.29, 1.82) is 0 Å². The summed E-state index contributed by atoms with van der Waals surface area (Å²) in [6.45, 7) is 3.93. The van der Waals surface area contributed by atoms with Crippen LogP contribution in [0.5, 0.6) is 5.75 Å². The van der Waals surface area contributed by atoms with E-state index in [1.807, 2.05) is 138 Å². The molecule has 6 nitrogen and oxygen atoms in total. The van der Waals surface area contributed by atoms with Crippen LogP contribution in [-0.2, 0) is 4.79 Å². The molecule has 0 aliphatic carbocycles.